The highest BCUT2D eigenvalue weighted by molar-refractivity contribution is 5.89. The summed E-state index contributed by atoms with van der Waals surface area (Å²) in [6.07, 6.45) is 3.39. The number of carbonyl (C=O) groups is 1. The molecule has 0 spiro atoms. The summed E-state index contributed by atoms with van der Waals surface area (Å²) in [5.41, 5.74) is 2.22. The maximum absolute atomic E-state index is 11.9. The molecule has 0 bridgehead atoms. The SMILES string of the molecule is CCC(C)c1ccc(NC(=O)N2CCCC2)cc1. The number of rotatable bonds is 3. The van der Waals surface area contributed by atoms with E-state index in [9.17, 15) is 4.79 Å². The Labute approximate surface area is 109 Å². The highest BCUT2D eigenvalue weighted by Gasteiger charge is 2.17. The molecule has 1 N–H and O–H groups in total. The van der Waals surface area contributed by atoms with Gasteiger partial charge in [-0.05, 0) is 42.9 Å². The van der Waals surface area contributed by atoms with E-state index >= 15 is 0 Å². The van der Waals surface area contributed by atoms with E-state index in [2.05, 4.69) is 31.3 Å². The summed E-state index contributed by atoms with van der Waals surface area (Å²) in [5, 5.41) is 2.95. The molecule has 1 fully saturated rings. The number of nitrogens with zero attached hydrogens (tertiary/aromatic N) is 1. The molecule has 1 atom stereocenters. The Morgan fingerprint density at radius 2 is 1.89 bits per heavy atom. The largest absolute Gasteiger partial charge is 0.325 e. The van der Waals surface area contributed by atoms with Gasteiger partial charge in [0.2, 0.25) is 0 Å². The van der Waals surface area contributed by atoms with Crippen molar-refractivity contribution in [3.05, 3.63) is 29.8 Å². The van der Waals surface area contributed by atoms with Crippen LogP contribution in [0.15, 0.2) is 24.3 Å². The number of urea groups is 1. The van der Waals surface area contributed by atoms with Crippen molar-refractivity contribution in [2.24, 2.45) is 0 Å². The van der Waals surface area contributed by atoms with Crippen molar-refractivity contribution in [2.75, 3.05) is 18.4 Å². The van der Waals surface area contributed by atoms with Gasteiger partial charge >= 0.3 is 6.03 Å². The molecule has 0 aliphatic carbocycles. The van der Waals surface area contributed by atoms with Crippen molar-refractivity contribution < 1.29 is 4.79 Å². The molecule has 1 aliphatic rings. The second-order valence-corrected chi connectivity index (χ2v) is 5.06. The lowest BCUT2D eigenvalue weighted by molar-refractivity contribution is 0.222. The van der Waals surface area contributed by atoms with Crippen molar-refractivity contribution in [2.45, 2.75) is 39.0 Å². The fourth-order valence-electron chi connectivity index (χ4n) is 2.25. The summed E-state index contributed by atoms with van der Waals surface area (Å²) in [6, 6.07) is 8.23. The summed E-state index contributed by atoms with van der Waals surface area (Å²) in [7, 11) is 0. The molecule has 0 saturated carbocycles. The first kappa shape index (κ1) is 12.9. The summed E-state index contributed by atoms with van der Waals surface area (Å²) in [6.45, 7) is 6.18. The maximum Gasteiger partial charge on any atom is 0.321 e. The number of hydrogen-bond donors (Lipinski definition) is 1. The minimum atomic E-state index is 0.0313. The van der Waals surface area contributed by atoms with Gasteiger partial charge < -0.3 is 10.2 Å². The molecule has 3 nitrogen and oxygen atoms in total. The van der Waals surface area contributed by atoms with Crippen LogP contribution in [-0.2, 0) is 0 Å². The molecule has 2 amide bonds. The standard InChI is InChI=1S/C15H22N2O/c1-3-12(2)13-6-8-14(9-7-13)16-15(18)17-10-4-5-11-17/h6-9,12H,3-5,10-11H2,1-2H3,(H,16,18). The molecule has 1 saturated heterocycles. The van der Waals surface area contributed by atoms with Crippen molar-refractivity contribution in [3.8, 4) is 0 Å². The zero-order valence-electron chi connectivity index (χ0n) is 11.3. The minimum absolute atomic E-state index is 0.0313. The number of amides is 2. The fraction of sp³-hybridized carbons (Fsp3) is 0.533. The average molecular weight is 246 g/mol. The van der Waals surface area contributed by atoms with Crippen LogP contribution in [0.4, 0.5) is 10.5 Å². The lowest BCUT2D eigenvalue weighted by Gasteiger charge is -2.16. The molecule has 1 heterocycles. The summed E-state index contributed by atoms with van der Waals surface area (Å²) >= 11 is 0. The lowest BCUT2D eigenvalue weighted by atomic mass is 9.99. The molecule has 2 rings (SSSR count). The van der Waals surface area contributed by atoms with Crippen LogP contribution in [-0.4, -0.2) is 24.0 Å². The molecule has 1 unspecified atom stereocenters. The number of benzene rings is 1. The summed E-state index contributed by atoms with van der Waals surface area (Å²) in [5.74, 6) is 0.577. The van der Waals surface area contributed by atoms with E-state index in [1.165, 1.54) is 5.56 Å². The number of nitrogens with one attached hydrogen (secondary N) is 1. The van der Waals surface area contributed by atoms with Gasteiger partial charge in [0.15, 0.2) is 0 Å². The van der Waals surface area contributed by atoms with E-state index in [-0.39, 0.29) is 6.03 Å². The van der Waals surface area contributed by atoms with Gasteiger partial charge in [0.05, 0.1) is 0 Å². The van der Waals surface area contributed by atoms with Crippen LogP contribution < -0.4 is 5.32 Å². The van der Waals surface area contributed by atoms with E-state index < -0.39 is 0 Å². The number of anilines is 1. The predicted molar refractivity (Wildman–Crippen MR) is 75.0 cm³/mol. The first-order chi connectivity index (χ1) is 8.70. The van der Waals surface area contributed by atoms with Crippen LogP contribution in [0, 0.1) is 0 Å². The monoisotopic (exact) mass is 246 g/mol. The van der Waals surface area contributed by atoms with E-state index in [0.717, 1.165) is 38.0 Å². The van der Waals surface area contributed by atoms with Gasteiger partial charge in [0.1, 0.15) is 0 Å². The Kier molecular flexibility index (Phi) is 4.24. The summed E-state index contributed by atoms with van der Waals surface area (Å²) < 4.78 is 0. The molecular weight excluding hydrogens is 224 g/mol. The molecule has 3 heteroatoms. The molecule has 1 aromatic rings. The fourth-order valence-corrected chi connectivity index (χ4v) is 2.25. The van der Waals surface area contributed by atoms with Gasteiger partial charge in [0, 0.05) is 18.8 Å². The highest BCUT2D eigenvalue weighted by atomic mass is 16.2. The Morgan fingerprint density at radius 1 is 1.28 bits per heavy atom. The van der Waals surface area contributed by atoms with E-state index in [1.807, 2.05) is 17.0 Å². The molecule has 98 valence electrons. The van der Waals surface area contributed by atoms with Gasteiger partial charge in [-0.25, -0.2) is 4.79 Å². The molecule has 0 radical (unpaired) electrons. The molecule has 1 aromatic carbocycles. The Balaban J connectivity index is 1.95. The van der Waals surface area contributed by atoms with Gasteiger partial charge in [0.25, 0.3) is 0 Å². The van der Waals surface area contributed by atoms with Crippen LogP contribution in [0.5, 0.6) is 0 Å². The second-order valence-electron chi connectivity index (χ2n) is 5.06. The summed E-state index contributed by atoms with van der Waals surface area (Å²) in [4.78, 5) is 13.8. The topological polar surface area (TPSA) is 32.3 Å². The first-order valence-corrected chi connectivity index (χ1v) is 6.86. The third-order valence-corrected chi connectivity index (χ3v) is 3.74. The van der Waals surface area contributed by atoms with Gasteiger partial charge in [-0.3, -0.25) is 0 Å². The van der Waals surface area contributed by atoms with Crippen molar-refractivity contribution in [3.63, 3.8) is 0 Å². The highest BCUT2D eigenvalue weighted by Crippen LogP contribution is 2.20. The third kappa shape index (κ3) is 3.03. The number of carbonyl (C=O) groups excluding carboxylic acids is 1. The minimum Gasteiger partial charge on any atom is -0.325 e. The third-order valence-electron chi connectivity index (χ3n) is 3.74. The van der Waals surface area contributed by atoms with E-state index in [1.54, 1.807) is 0 Å². The zero-order chi connectivity index (χ0) is 13.0. The predicted octanol–water partition coefficient (Wildman–Crippen LogP) is 3.83. The quantitative estimate of drug-likeness (QED) is 0.863. The average Bonchev–Trinajstić information content (AvgIpc) is 2.92. The zero-order valence-corrected chi connectivity index (χ0v) is 11.3. The van der Waals surface area contributed by atoms with Crippen LogP contribution in [0.25, 0.3) is 0 Å². The van der Waals surface area contributed by atoms with E-state index in [0.29, 0.717) is 5.92 Å². The molecule has 18 heavy (non-hydrogen) atoms. The van der Waals surface area contributed by atoms with Crippen molar-refractivity contribution in [1.29, 1.82) is 0 Å². The van der Waals surface area contributed by atoms with Crippen LogP contribution in [0.2, 0.25) is 0 Å². The second kappa shape index (κ2) is 5.89. The van der Waals surface area contributed by atoms with Crippen LogP contribution >= 0.6 is 0 Å². The molecule has 0 aromatic heterocycles. The lowest BCUT2D eigenvalue weighted by Crippen LogP contribution is -2.32. The van der Waals surface area contributed by atoms with Crippen LogP contribution in [0.1, 0.15) is 44.6 Å². The van der Waals surface area contributed by atoms with Gasteiger partial charge in [-0.15, -0.1) is 0 Å². The normalized spacial score (nSPS) is 16.7. The van der Waals surface area contributed by atoms with Crippen molar-refractivity contribution >= 4 is 11.7 Å². The number of likely N-dealkylation sites (tertiary alicyclic amines) is 1. The molecule has 1 aliphatic heterocycles. The Bertz CT molecular complexity index is 393. The molecular formula is C15H22N2O. The first-order valence-electron chi connectivity index (χ1n) is 6.86. The van der Waals surface area contributed by atoms with Crippen molar-refractivity contribution in [1.82, 2.24) is 4.90 Å². The smallest absolute Gasteiger partial charge is 0.321 e. The van der Waals surface area contributed by atoms with Gasteiger partial charge in [-0.2, -0.15) is 0 Å². The Morgan fingerprint density at radius 3 is 2.44 bits per heavy atom. The number of hydrogen-bond acceptors (Lipinski definition) is 1. The van der Waals surface area contributed by atoms with Crippen LogP contribution in [0.3, 0.4) is 0 Å². The Hall–Kier alpha value is -1.51. The maximum atomic E-state index is 11.9. The van der Waals surface area contributed by atoms with E-state index in [4.69, 9.17) is 0 Å². The van der Waals surface area contributed by atoms with Gasteiger partial charge in [-0.1, -0.05) is 26.0 Å².